The van der Waals surface area contributed by atoms with Crippen LogP contribution in [0.15, 0.2) is 17.5 Å². The summed E-state index contributed by atoms with van der Waals surface area (Å²) in [4.78, 5) is 18.2. The van der Waals surface area contributed by atoms with Crippen LogP contribution in [0.5, 0.6) is 0 Å². The molecule has 1 aliphatic rings. The van der Waals surface area contributed by atoms with Gasteiger partial charge in [-0.1, -0.05) is 26.8 Å². The first-order valence-electron chi connectivity index (χ1n) is 7.87. The monoisotopic (exact) mass is 309 g/mol. The number of carbonyl (C=O) groups is 1. The summed E-state index contributed by atoms with van der Waals surface area (Å²) in [5.41, 5.74) is 0. The lowest BCUT2D eigenvalue weighted by Crippen LogP contribution is -2.49. The summed E-state index contributed by atoms with van der Waals surface area (Å²) in [6.45, 7) is 12.3. The van der Waals surface area contributed by atoms with Gasteiger partial charge in [-0.25, -0.2) is 0 Å². The van der Waals surface area contributed by atoms with Crippen molar-refractivity contribution in [3.05, 3.63) is 22.4 Å². The van der Waals surface area contributed by atoms with Crippen LogP contribution in [-0.4, -0.2) is 55.0 Å². The van der Waals surface area contributed by atoms with Crippen LogP contribution in [0.4, 0.5) is 0 Å². The molecule has 21 heavy (non-hydrogen) atoms. The topological polar surface area (TPSA) is 35.6 Å². The second-order valence-electron chi connectivity index (χ2n) is 6.02. The SMILES string of the molecule is CCN1CCN(CC(=O)NC(c2cccs2)C(C)C)CC1. The van der Waals surface area contributed by atoms with Crippen LogP contribution in [0, 0.1) is 5.92 Å². The number of rotatable bonds is 6. The average molecular weight is 309 g/mol. The van der Waals surface area contributed by atoms with Crippen LogP contribution in [0.2, 0.25) is 0 Å². The lowest BCUT2D eigenvalue weighted by molar-refractivity contribution is -0.123. The van der Waals surface area contributed by atoms with Gasteiger partial charge in [0.05, 0.1) is 12.6 Å². The van der Waals surface area contributed by atoms with Gasteiger partial charge in [-0.15, -0.1) is 11.3 Å². The van der Waals surface area contributed by atoms with Crippen LogP contribution in [0.3, 0.4) is 0 Å². The Hall–Kier alpha value is -0.910. The van der Waals surface area contributed by atoms with E-state index in [1.54, 1.807) is 11.3 Å². The number of hydrogen-bond donors (Lipinski definition) is 1. The highest BCUT2D eigenvalue weighted by atomic mass is 32.1. The van der Waals surface area contributed by atoms with Crippen LogP contribution >= 0.6 is 11.3 Å². The van der Waals surface area contributed by atoms with E-state index in [2.05, 4.69) is 47.3 Å². The van der Waals surface area contributed by atoms with E-state index in [1.807, 2.05) is 6.07 Å². The molecule has 1 saturated heterocycles. The first-order chi connectivity index (χ1) is 10.1. The maximum atomic E-state index is 12.3. The molecule has 0 radical (unpaired) electrons. The molecule has 1 aromatic rings. The molecule has 0 saturated carbocycles. The first-order valence-corrected chi connectivity index (χ1v) is 8.75. The minimum absolute atomic E-state index is 0.134. The maximum absolute atomic E-state index is 12.3. The maximum Gasteiger partial charge on any atom is 0.234 e. The van der Waals surface area contributed by atoms with Gasteiger partial charge < -0.3 is 10.2 Å². The van der Waals surface area contributed by atoms with Crippen LogP contribution in [0.25, 0.3) is 0 Å². The number of piperazine rings is 1. The molecule has 2 heterocycles. The summed E-state index contributed by atoms with van der Waals surface area (Å²) < 4.78 is 0. The minimum Gasteiger partial charge on any atom is -0.347 e. The van der Waals surface area contributed by atoms with Crippen LogP contribution < -0.4 is 5.32 Å². The van der Waals surface area contributed by atoms with Crippen molar-refractivity contribution in [1.29, 1.82) is 0 Å². The van der Waals surface area contributed by atoms with E-state index in [-0.39, 0.29) is 11.9 Å². The van der Waals surface area contributed by atoms with E-state index < -0.39 is 0 Å². The van der Waals surface area contributed by atoms with Crippen molar-refractivity contribution in [2.75, 3.05) is 39.3 Å². The molecule has 1 unspecified atom stereocenters. The molecule has 0 bridgehead atoms. The van der Waals surface area contributed by atoms with E-state index in [0.29, 0.717) is 12.5 Å². The van der Waals surface area contributed by atoms with Crippen LogP contribution in [0.1, 0.15) is 31.7 Å². The number of nitrogens with one attached hydrogen (secondary N) is 1. The van der Waals surface area contributed by atoms with E-state index in [1.165, 1.54) is 4.88 Å². The van der Waals surface area contributed by atoms with Crippen molar-refractivity contribution in [3.8, 4) is 0 Å². The highest BCUT2D eigenvalue weighted by Gasteiger charge is 2.22. The Balaban J connectivity index is 1.83. The average Bonchev–Trinajstić information content (AvgIpc) is 2.99. The Bertz CT molecular complexity index is 425. The number of amides is 1. The van der Waals surface area contributed by atoms with Crippen molar-refractivity contribution >= 4 is 17.2 Å². The van der Waals surface area contributed by atoms with Gasteiger partial charge in [-0.3, -0.25) is 9.69 Å². The fourth-order valence-corrected chi connectivity index (χ4v) is 3.67. The van der Waals surface area contributed by atoms with E-state index in [0.717, 1.165) is 32.7 Å². The number of likely N-dealkylation sites (N-methyl/N-ethyl adjacent to an activating group) is 1. The highest BCUT2D eigenvalue weighted by Crippen LogP contribution is 2.25. The normalized spacial score (nSPS) is 18.9. The number of nitrogens with zero attached hydrogens (tertiary/aromatic N) is 2. The molecule has 1 amide bonds. The Kier molecular flexibility index (Phi) is 6.21. The largest absolute Gasteiger partial charge is 0.347 e. The third-order valence-corrected chi connectivity index (χ3v) is 5.07. The van der Waals surface area contributed by atoms with E-state index in [4.69, 9.17) is 0 Å². The predicted octanol–water partition coefficient (Wildman–Crippen LogP) is 2.20. The van der Waals surface area contributed by atoms with Gasteiger partial charge in [0.25, 0.3) is 0 Å². The molecule has 2 rings (SSSR count). The van der Waals surface area contributed by atoms with Crippen molar-refractivity contribution in [3.63, 3.8) is 0 Å². The summed E-state index contributed by atoms with van der Waals surface area (Å²) >= 11 is 1.72. The third-order valence-electron chi connectivity index (χ3n) is 4.11. The van der Waals surface area contributed by atoms with Gasteiger partial charge >= 0.3 is 0 Å². The molecule has 0 aromatic carbocycles. The Morgan fingerprint density at radius 3 is 2.48 bits per heavy atom. The van der Waals surface area contributed by atoms with Gasteiger partial charge in [-0.2, -0.15) is 0 Å². The highest BCUT2D eigenvalue weighted by molar-refractivity contribution is 7.10. The zero-order valence-corrected chi connectivity index (χ0v) is 14.2. The summed E-state index contributed by atoms with van der Waals surface area (Å²) in [6.07, 6.45) is 0. The molecular formula is C16H27N3OS. The van der Waals surface area contributed by atoms with Crippen molar-refractivity contribution in [1.82, 2.24) is 15.1 Å². The fourth-order valence-electron chi connectivity index (χ4n) is 2.72. The molecule has 1 atom stereocenters. The lowest BCUT2D eigenvalue weighted by Gasteiger charge is -2.34. The van der Waals surface area contributed by atoms with E-state index >= 15 is 0 Å². The fraction of sp³-hybridized carbons (Fsp3) is 0.688. The van der Waals surface area contributed by atoms with Gasteiger partial charge in [0, 0.05) is 31.1 Å². The molecule has 1 aromatic heterocycles. The molecule has 0 spiro atoms. The molecule has 5 heteroatoms. The standard InChI is InChI=1S/C16H27N3OS/c1-4-18-7-9-19(10-8-18)12-15(20)17-16(13(2)3)14-6-5-11-21-14/h5-6,11,13,16H,4,7-10,12H2,1-3H3,(H,17,20). The zero-order valence-electron chi connectivity index (χ0n) is 13.3. The molecule has 1 fully saturated rings. The van der Waals surface area contributed by atoms with E-state index in [9.17, 15) is 4.79 Å². The van der Waals surface area contributed by atoms with Gasteiger partial charge in [0.15, 0.2) is 0 Å². The van der Waals surface area contributed by atoms with Crippen molar-refractivity contribution < 1.29 is 4.79 Å². The summed E-state index contributed by atoms with van der Waals surface area (Å²) in [5.74, 6) is 0.552. The molecule has 1 N–H and O–H groups in total. The smallest absolute Gasteiger partial charge is 0.234 e. The summed E-state index contributed by atoms with van der Waals surface area (Å²) in [7, 11) is 0. The summed E-state index contributed by atoms with van der Waals surface area (Å²) in [6, 6.07) is 4.29. The van der Waals surface area contributed by atoms with Crippen LogP contribution in [-0.2, 0) is 4.79 Å². The Morgan fingerprint density at radius 1 is 1.29 bits per heavy atom. The quantitative estimate of drug-likeness (QED) is 0.875. The molecular weight excluding hydrogens is 282 g/mol. The van der Waals surface area contributed by atoms with Gasteiger partial charge in [0.1, 0.15) is 0 Å². The van der Waals surface area contributed by atoms with Gasteiger partial charge in [0.2, 0.25) is 5.91 Å². The van der Waals surface area contributed by atoms with Crippen molar-refractivity contribution in [2.24, 2.45) is 5.92 Å². The number of hydrogen-bond acceptors (Lipinski definition) is 4. The Morgan fingerprint density at radius 2 is 1.95 bits per heavy atom. The van der Waals surface area contributed by atoms with Gasteiger partial charge in [-0.05, 0) is 23.9 Å². The first kappa shape index (κ1) is 16.5. The number of thiophene rings is 1. The molecule has 4 nitrogen and oxygen atoms in total. The summed E-state index contributed by atoms with van der Waals surface area (Å²) in [5, 5.41) is 5.28. The molecule has 0 aliphatic carbocycles. The second-order valence-corrected chi connectivity index (χ2v) is 6.99. The predicted molar refractivity (Wildman–Crippen MR) is 88.6 cm³/mol. The second kappa shape index (κ2) is 7.92. The molecule has 1 aliphatic heterocycles. The number of carbonyl (C=O) groups excluding carboxylic acids is 1. The zero-order chi connectivity index (χ0) is 15.2. The lowest BCUT2D eigenvalue weighted by atomic mass is 10.0. The Labute approximate surface area is 132 Å². The molecule has 118 valence electrons. The van der Waals surface area contributed by atoms with Crippen molar-refractivity contribution in [2.45, 2.75) is 26.8 Å². The third kappa shape index (κ3) is 4.80. The minimum atomic E-state index is 0.134.